The predicted octanol–water partition coefficient (Wildman–Crippen LogP) is 3.73. The summed E-state index contributed by atoms with van der Waals surface area (Å²) in [6, 6.07) is -3.74. The molecule has 0 bridgehead atoms. The molecule has 0 radical (unpaired) electrons. The first-order valence-corrected chi connectivity index (χ1v) is 5.72. The molecule has 23 heavy (non-hydrogen) atoms. The van der Waals surface area contributed by atoms with Crippen LogP contribution in [0.1, 0.15) is 0 Å². The van der Waals surface area contributed by atoms with E-state index in [2.05, 4.69) is 0 Å². The Hall–Kier alpha value is -1.39. The van der Waals surface area contributed by atoms with Gasteiger partial charge in [-0.1, -0.05) is 3.89 Å². The smallest absolute Gasteiger partial charge is 0.396 e. The van der Waals surface area contributed by atoms with Crippen LogP contribution in [0.4, 0.5) is 52.2 Å². The molecule has 0 heterocycles. The highest BCUT2D eigenvalue weighted by Gasteiger charge is 2.77. The molecule has 0 saturated carbocycles. The molecule has 0 rings (SSSR count). The number of hydrogen-bond acceptors (Lipinski definition) is 4. The van der Waals surface area contributed by atoms with Crippen LogP contribution in [0, 0.1) is 0 Å². The zero-order valence-corrected chi connectivity index (χ0v) is 10.4. The first kappa shape index (κ1) is 21.6. The molecule has 0 N–H and O–H groups in total. The average Bonchev–Trinajstić information content (AvgIpc) is 2.23. The van der Waals surface area contributed by atoms with E-state index in [0.717, 1.165) is 0 Å². The molecule has 0 saturated heterocycles. The van der Waals surface area contributed by atoms with Crippen molar-refractivity contribution in [3.63, 3.8) is 0 Å². The van der Waals surface area contributed by atoms with E-state index in [1.54, 1.807) is 4.74 Å². The summed E-state index contributed by atoms with van der Waals surface area (Å²) >= 11 is 0. The summed E-state index contributed by atoms with van der Waals surface area (Å²) in [6.45, 7) is 0. The lowest BCUT2D eigenvalue weighted by Crippen LogP contribution is -2.57. The molecule has 1 unspecified atom stereocenters. The van der Waals surface area contributed by atoms with Gasteiger partial charge in [-0.05, 0) is 0 Å². The van der Waals surface area contributed by atoms with Crippen LogP contribution >= 0.6 is 0 Å². The van der Waals surface area contributed by atoms with Gasteiger partial charge in [-0.15, -0.1) is 0 Å². The second-order valence-corrected chi connectivity index (χ2v) is 4.64. The summed E-state index contributed by atoms with van der Waals surface area (Å²) in [6.07, 6.45) is -24.8. The van der Waals surface area contributed by atoms with Crippen molar-refractivity contribution in [3.05, 3.63) is 12.1 Å². The topological polar surface area (TPSA) is 52.6 Å². The van der Waals surface area contributed by atoms with E-state index in [-0.39, 0.29) is 0 Å². The van der Waals surface area contributed by atoms with Gasteiger partial charge in [-0.2, -0.15) is 56.7 Å². The van der Waals surface area contributed by atoms with E-state index in [9.17, 15) is 60.6 Å². The van der Waals surface area contributed by atoms with Crippen molar-refractivity contribution < 1.29 is 70.1 Å². The highest BCUT2D eigenvalue weighted by molar-refractivity contribution is 7.87. The Labute approximate surface area is 117 Å². The van der Waals surface area contributed by atoms with E-state index in [1.165, 1.54) is 0 Å². The molecule has 0 aromatic heterocycles. The minimum absolute atomic E-state index is 1.60. The van der Waals surface area contributed by atoms with Crippen LogP contribution in [0.25, 0.3) is 0 Å². The number of halogens is 12. The van der Waals surface area contributed by atoms with Crippen molar-refractivity contribution in [3.8, 4) is 0 Å². The highest BCUT2D eigenvalue weighted by Crippen LogP contribution is 2.48. The lowest BCUT2D eigenvalue weighted by atomic mass is 10.5. The van der Waals surface area contributed by atoms with Gasteiger partial charge in [0.05, 0.1) is 0 Å². The molecular formula is C6F12O4S. The summed E-state index contributed by atoms with van der Waals surface area (Å²) in [5.41, 5.74) is 0. The third-order valence-corrected chi connectivity index (χ3v) is 2.56. The quantitative estimate of drug-likeness (QED) is 0.390. The van der Waals surface area contributed by atoms with E-state index >= 15 is 0 Å². The molecular weight excluding hydrogens is 396 g/mol. The van der Waals surface area contributed by atoms with Gasteiger partial charge in [0, 0.05) is 0 Å². The van der Waals surface area contributed by atoms with Crippen molar-refractivity contribution in [2.24, 2.45) is 0 Å². The third kappa shape index (κ3) is 4.33. The van der Waals surface area contributed by atoms with Crippen molar-refractivity contribution in [2.75, 3.05) is 0 Å². The molecule has 4 nitrogen and oxygen atoms in total. The van der Waals surface area contributed by atoms with Crippen LogP contribution < -0.4 is 0 Å². The number of rotatable bonds is 6. The van der Waals surface area contributed by atoms with Gasteiger partial charge < -0.3 is 4.74 Å². The zero-order chi connectivity index (χ0) is 19.1. The second-order valence-electron chi connectivity index (χ2n) is 3.24. The van der Waals surface area contributed by atoms with E-state index in [0.29, 0.717) is 0 Å². The zero-order valence-electron chi connectivity index (χ0n) is 9.58. The van der Waals surface area contributed by atoms with E-state index < -0.39 is 45.9 Å². The van der Waals surface area contributed by atoms with Gasteiger partial charge in [-0.3, -0.25) is 4.74 Å². The van der Waals surface area contributed by atoms with Gasteiger partial charge >= 0.3 is 45.9 Å². The summed E-state index contributed by atoms with van der Waals surface area (Å²) in [5, 5.41) is -7.04. The fourth-order valence-electron chi connectivity index (χ4n) is 0.681. The second kappa shape index (κ2) is 5.91. The summed E-state index contributed by atoms with van der Waals surface area (Å²) in [5.74, 6) is 0. The molecule has 0 fully saturated rings. The van der Waals surface area contributed by atoms with Crippen molar-refractivity contribution >= 4 is 10.2 Å². The number of alkyl halides is 8. The Kier molecular flexibility index (Phi) is 5.56. The van der Waals surface area contributed by atoms with Crippen molar-refractivity contribution in [1.82, 2.24) is 0 Å². The molecule has 0 aromatic carbocycles. The number of ether oxygens (including phenoxy) is 2. The monoisotopic (exact) mass is 396 g/mol. The molecule has 1 atom stereocenters. The minimum atomic E-state index is -7.80. The van der Waals surface area contributed by atoms with Gasteiger partial charge in [0.15, 0.2) is 0 Å². The SMILES string of the molecule is O=S(=O)(F)C(F)(OC(F)(F)C(F)(F)OC(F)=C(F)F)C(F)(F)F. The predicted molar refractivity (Wildman–Crippen MR) is 42.3 cm³/mol. The molecule has 0 aliphatic carbocycles. The standard InChI is InChI=1S/C6F12O4S/c7-1(8)2(9)21-4(13,14)5(15,16)22-6(17,3(10,11)12)23(18,19)20. The molecule has 138 valence electrons. The Morgan fingerprint density at radius 2 is 1.17 bits per heavy atom. The maximum atomic E-state index is 12.9. The molecule has 0 aliphatic rings. The highest BCUT2D eigenvalue weighted by atomic mass is 32.3. The average molecular weight is 396 g/mol. The Morgan fingerprint density at radius 3 is 1.43 bits per heavy atom. The van der Waals surface area contributed by atoms with Gasteiger partial charge in [0.1, 0.15) is 0 Å². The maximum absolute atomic E-state index is 12.9. The lowest BCUT2D eigenvalue weighted by molar-refractivity contribution is -0.471. The van der Waals surface area contributed by atoms with Crippen molar-refractivity contribution in [2.45, 2.75) is 23.6 Å². The third-order valence-electron chi connectivity index (χ3n) is 1.62. The maximum Gasteiger partial charge on any atom is 0.495 e. The van der Waals surface area contributed by atoms with E-state index in [1.807, 2.05) is 4.74 Å². The Bertz CT molecular complexity index is 575. The lowest BCUT2D eigenvalue weighted by Gasteiger charge is -2.31. The molecule has 0 aliphatic heterocycles. The van der Waals surface area contributed by atoms with Crippen LogP contribution in [-0.2, 0) is 19.7 Å². The fraction of sp³-hybridized carbons (Fsp3) is 0.667. The van der Waals surface area contributed by atoms with Crippen molar-refractivity contribution in [1.29, 1.82) is 0 Å². The Morgan fingerprint density at radius 1 is 0.783 bits per heavy atom. The van der Waals surface area contributed by atoms with Crippen LogP contribution in [0.15, 0.2) is 12.1 Å². The van der Waals surface area contributed by atoms with Crippen LogP contribution in [0.3, 0.4) is 0 Å². The van der Waals surface area contributed by atoms with Gasteiger partial charge in [0.25, 0.3) is 0 Å². The van der Waals surface area contributed by atoms with Crippen LogP contribution in [0.5, 0.6) is 0 Å². The number of hydrogen-bond donors (Lipinski definition) is 0. The fourth-order valence-corrected chi connectivity index (χ4v) is 1.16. The van der Waals surface area contributed by atoms with Crippen LogP contribution in [0.2, 0.25) is 0 Å². The van der Waals surface area contributed by atoms with Gasteiger partial charge in [0.2, 0.25) is 0 Å². The first-order valence-electron chi connectivity index (χ1n) is 4.34. The normalized spacial score (nSPS) is 16.7. The summed E-state index contributed by atoms with van der Waals surface area (Å²) < 4.78 is 170. The first-order chi connectivity index (χ1) is 9.78. The van der Waals surface area contributed by atoms with Gasteiger partial charge in [-0.25, -0.2) is 0 Å². The molecule has 17 heteroatoms. The summed E-state index contributed by atoms with van der Waals surface area (Å²) in [7, 11) is -7.80. The largest absolute Gasteiger partial charge is 0.495 e. The molecule has 0 aromatic rings. The minimum Gasteiger partial charge on any atom is -0.396 e. The molecule has 0 spiro atoms. The summed E-state index contributed by atoms with van der Waals surface area (Å²) in [4.78, 5) is 0. The Balaban J connectivity index is 5.90. The molecule has 0 amide bonds. The van der Waals surface area contributed by atoms with E-state index in [4.69, 9.17) is 0 Å². The van der Waals surface area contributed by atoms with Crippen LogP contribution in [-0.4, -0.2) is 32.0 Å².